The molecule has 1 aromatic carbocycles. The zero-order valence-electron chi connectivity index (χ0n) is 11.8. The number of methoxy groups -OCH3 is 1. The molecule has 22 heavy (non-hydrogen) atoms. The molecule has 0 saturated carbocycles. The number of carbonyl (C=O) groups is 2. The molecule has 1 aromatic rings. The first-order chi connectivity index (χ1) is 10.4. The highest BCUT2D eigenvalue weighted by atomic mass is 35.5. The average molecular weight is 367 g/mol. The summed E-state index contributed by atoms with van der Waals surface area (Å²) in [5.41, 5.74) is 0.501. The van der Waals surface area contributed by atoms with Gasteiger partial charge in [-0.25, -0.2) is 4.79 Å². The molecule has 1 heterocycles. The summed E-state index contributed by atoms with van der Waals surface area (Å²) in [6.45, 7) is 0.503. The lowest BCUT2D eigenvalue weighted by molar-refractivity contribution is -0.138. The zero-order valence-corrected chi connectivity index (χ0v) is 14.0. The van der Waals surface area contributed by atoms with Crippen LogP contribution in [-0.2, 0) is 20.7 Å². The zero-order chi connectivity index (χ0) is 16.3. The Morgan fingerprint density at radius 1 is 1.27 bits per heavy atom. The maximum Gasteiger partial charge on any atom is 0.509 e. The van der Waals surface area contributed by atoms with Gasteiger partial charge in [-0.1, -0.05) is 34.8 Å². The van der Waals surface area contributed by atoms with Gasteiger partial charge in [-0.3, -0.25) is 4.79 Å². The molecule has 5 nitrogen and oxygen atoms in total. The summed E-state index contributed by atoms with van der Waals surface area (Å²) in [5, 5.41) is 1.06. The number of nitrogens with zero attached hydrogens (tertiary/aromatic N) is 1. The van der Waals surface area contributed by atoms with Crippen LogP contribution in [0.3, 0.4) is 0 Å². The van der Waals surface area contributed by atoms with Crippen molar-refractivity contribution in [2.24, 2.45) is 0 Å². The second kappa shape index (κ2) is 7.40. The van der Waals surface area contributed by atoms with Crippen LogP contribution in [0.4, 0.5) is 4.79 Å². The molecular formula is C14H14Cl3NO4. The molecule has 1 amide bonds. The Balaban J connectivity index is 2.10. The Kier molecular flexibility index (Phi) is 5.78. The highest BCUT2D eigenvalue weighted by Gasteiger charge is 2.32. The van der Waals surface area contributed by atoms with Crippen LogP contribution in [0.25, 0.3) is 0 Å². The molecule has 1 unspecified atom stereocenters. The fourth-order valence-corrected chi connectivity index (χ4v) is 3.25. The van der Waals surface area contributed by atoms with Gasteiger partial charge in [0.2, 0.25) is 5.91 Å². The van der Waals surface area contributed by atoms with E-state index in [1.54, 1.807) is 0 Å². The predicted molar refractivity (Wildman–Crippen MR) is 83.4 cm³/mol. The van der Waals surface area contributed by atoms with Crippen LogP contribution in [0, 0.1) is 0 Å². The van der Waals surface area contributed by atoms with E-state index < -0.39 is 12.4 Å². The number of hydrogen-bond donors (Lipinski definition) is 0. The molecule has 1 saturated heterocycles. The van der Waals surface area contributed by atoms with Crippen molar-refractivity contribution in [1.29, 1.82) is 0 Å². The second-order valence-electron chi connectivity index (χ2n) is 4.78. The lowest BCUT2D eigenvalue weighted by Gasteiger charge is -2.24. The summed E-state index contributed by atoms with van der Waals surface area (Å²) in [7, 11) is 1.22. The maximum atomic E-state index is 12.4. The largest absolute Gasteiger partial charge is 0.509 e. The molecule has 0 radical (unpaired) electrons. The number of ether oxygens (including phenoxy) is 2. The van der Waals surface area contributed by atoms with E-state index in [1.807, 2.05) is 0 Å². The Bertz CT molecular complexity index is 570. The van der Waals surface area contributed by atoms with Gasteiger partial charge in [-0.2, -0.15) is 0 Å². The number of likely N-dealkylation sites (tertiary alicyclic amines) is 1. The van der Waals surface area contributed by atoms with Crippen LogP contribution in [-0.4, -0.2) is 36.8 Å². The van der Waals surface area contributed by atoms with Crippen molar-refractivity contribution >= 4 is 46.9 Å². The average Bonchev–Trinajstić information content (AvgIpc) is 2.90. The molecule has 0 aromatic heterocycles. The van der Waals surface area contributed by atoms with Crippen LogP contribution in [0.5, 0.6) is 0 Å². The van der Waals surface area contributed by atoms with Crippen molar-refractivity contribution < 1.29 is 19.1 Å². The smallest absolute Gasteiger partial charge is 0.438 e. The molecule has 0 aliphatic carbocycles. The Morgan fingerprint density at radius 3 is 2.50 bits per heavy atom. The van der Waals surface area contributed by atoms with E-state index >= 15 is 0 Å². The Morgan fingerprint density at radius 2 is 1.91 bits per heavy atom. The Hall–Kier alpha value is -1.17. The summed E-state index contributed by atoms with van der Waals surface area (Å²) in [6, 6.07) is 3.06. The molecule has 0 bridgehead atoms. The van der Waals surface area contributed by atoms with Crippen molar-refractivity contribution in [3.63, 3.8) is 0 Å². The quantitative estimate of drug-likeness (QED) is 0.761. The molecular weight excluding hydrogens is 353 g/mol. The van der Waals surface area contributed by atoms with E-state index in [0.29, 0.717) is 33.6 Å². The summed E-state index contributed by atoms with van der Waals surface area (Å²) < 4.78 is 9.52. The van der Waals surface area contributed by atoms with E-state index in [4.69, 9.17) is 39.5 Å². The first-order valence-corrected chi connectivity index (χ1v) is 7.73. The monoisotopic (exact) mass is 365 g/mol. The minimum atomic E-state index is -0.813. The van der Waals surface area contributed by atoms with Crippen LogP contribution < -0.4 is 0 Å². The molecule has 1 fully saturated rings. The first-order valence-electron chi connectivity index (χ1n) is 6.60. The van der Waals surface area contributed by atoms with Gasteiger partial charge in [0.05, 0.1) is 13.5 Å². The SMILES string of the molecule is COC(=O)OC1CCCN1C(=O)Cc1c(Cl)cc(Cl)cc1Cl. The normalized spacial score (nSPS) is 17.5. The van der Waals surface area contributed by atoms with Crippen molar-refractivity contribution in [2.45, 2.75) is 25.5 Å². The predicted octanol–water partition coefficient (Wildman–Crippen LogP) is 3.92. The van der Waals surface area contributed by atoms with Gasteiger partial charge >= 0.3 is 6.16 Å². The minimum absolute atomic E-state index is 0.00979. The summed E-state index contributed by atoms with van der Waals surface area (Å²) in [4.78, 5) is 25.1. The second-order valence-corrected chi connectivity index (χ2v) is 6.03. The van der Waals surface area contributed by atoms with Gasteiger partial charge in [0.25, 0.3) is 0 Å². The number of hydrogen-bond acceptors (Lipinski definition) is 4. The van der Waals surface area contributed by atoms with E-state index in [2.05, 4.69) is 4.74 Å². The molecule has 1 aliphatic heterocycles. The van der Waals surface area contributed by atoms with Crippen LogP contribution in [0.2, 0.25) is 15.1 Å². The third-order valence-electron chi connectivity index (χ3n) is 3.35. The summed E-state index contributed by atoms with van der Waals surface area (Å²) in [5.74, 6) is -0.225. The lowest BCUT2D eigenvalue weighted by Crippen LogP contribution is -2.39. The number of rotatable bonds is 3. The molecule has 120 valence electrons. The van der Waals surface area contributed by atoms with Gasteiger partial charge in [0, 0.05) is 28.0 Å². The van der Waals surface area contributed by atoms with Crippen LogP contribution in [0.15, 0.2) is 12.1 Å². The summed E-state index contributed by atoms with van der Waals surface area (Å²) in [6.07, 6.45) is -0.106. The van der Waals surface area contributed by atoms with Crippen molar-refractivity contribution in [1.82, 2.24) is 4.90 Å². The van der Waals surface area contributed by atoms with Gasteiger partial charge in [-0.05, 0) is 24.1 Å². The van der Waals surface area contributed by atoms with Gasteiger partial charge in [0.1, 0.15) is 0 Å². The van der Waals surface area contributed by atoms with E-state index in [9.17, 15) is 9.59 Å². The number of amides is 1. The van der Waals surface area contributed by atoms with E-state index in [0.717, 1.165) is 6.42 Å². The molecule has 8 heteroatoms. The van der Waals surface area contributed by atoms with Crippen LogP contribution >= 0.6 is 34.8 Å². The highest BCUT2D eigenvalue weighted by molar-refractivity contribution is 6.39. The standard InChI is InChI=1S/C14H14Cl3NO4/c1-21-14(20)22-13-3-2-4-18(13)12(19)7-9-10(16)5-8(15)6-11(9)17/h5-6,13H,2-4,7H2,1H3. The molecule has 0 N–H and O–H groups in total. The fraction of sp³-hybridized carbons (Fsp3) is 0.429. The molecule has 1 atom stereocenters. The summed E-state index contributed by atoms with van der Waals surface area (Å²) >= 11 is 18.0. The third-order valence-corrected chi connectivity index (χ3v) is 4.24. The fourth-order valence-electron chi connectivity index (χ4n) is 2.30. The van der Waals surface area contributed by atoms with Crippen molar-refractivity contribution in [3.8, 4) is 0 Å². The first kappa shape index (κ1) is 17.2. The molecule has 2 rings (SSSR count). The van der Waals surface area contributed by atoms with Crippen LogP contribution in [0.1, 0.15) is 18.4 Å². The minimum Gasteiger partial charge on any atom is -0.438 e. The van der Waals surface area contributed by atoms with E-state index in [-0.39, 0.29) is 12.3 Å². The lowest BCUT2D eigenvalue weighted by atomic mass is 10.1. The van der Waals surface area contributed by atoms with Crippen molar-refractivity contribution in [2.75, 3.05) is 13.7 Å². The topological polar surface area (TPSA) is 55.8 Å². The van der Waals surface area contributed by atoms with Gasteiger partial charge in [-0.15, -0.1) is 0 Å². The molecule has 0 spiro atoms. The van der Waals surface area contributed by atoms with E-state index in [1.165, 1.54) is 24.1 Å². The Labute approximate surface area is 143 Å². The number of halogens is 3. The van der Waals surface area contributed by atoms with Gasteiger partial charge < -0.3 is 14.4 Å². The maximum absolute atomic E-state index is 12.4. The third kappa shape index (κ3) is 3.97. The number of benzene rings is 1. The number of carbonyl (C=O) groups excluding carboxylic acids is 2. The van der Waals surface area contributed by atoms with Gasteiger partial charge in [0.15, 0.2) is 6.23 Å². The van der Waals surface area contributed by atoms with Crippen molar-refractivity contribution in [3.05, 3.63) is 32.8 Å². The molecule has 1 aliphatic rings. The highest BCUT2D eigenvalue weighted by Crippen LogP contribution is 2.30.